The number of nitrogens with zero attached hydrogens (tertiary/aromatic N) is 1. The van der Waals surface area contributed by atoms with Crippen LogP contribution >= 0.6 is 15.9 Å². The third-order valence-electron chi connectivity index (χ3n) is 2.61. The van der Waals surface area contributed by atoms with E-state index in [-0.39, 0.29) is 5.91 Å². The number of carbonyl (C=O) groups excluding carboxylic acids is 1. The normalized spacial score (nSPS) is 10.4. The number of ether oxygens (including phenoxy) is 2. The van der Waals surface area contributed by atoms with Crippen LogP contribution in [-0.2, 0) is 9.47 Å². The highest BCUT2D eigenvalue weighted by Gasteiger charge is 2.12. The lowest BCUT2D eigenvalue weighted by Gasteiger charge is -2.11. The van der Waals surface area contributed by atoms with E-state index in [4.69, 9.17) is 9.47 Å². The van der Waals surface area contributed by atoms with Gasteiger partial charge in [-0.15, -0.1) is 0 Å². The minimum atomic E-state index is -0.169. The highest BCUT2D eigenvalue weighted by molar-refractivity contribution is 9.10. The molecule has 0 aliphatic rings. The second-order valence-electron chi connectivity index (χ2n) is 4.34. The van der Waals surface area contributed by atoms with E-state index in [1.54, 1.807) is 19.4 Å². The van der Waals surface area contributed by atoms with Crippen LogP contribution in [0.15, 0.2) is 16.7 Å². The fourth-order valence-corrected chi connectivity index (χ4v) is 1.90. The molecule has 0 fully saturated rings. The summed E-state index contributed by atoms with van der Waals surface area (Å²) in [5.74, 6) is 0.426. The van der Waals surface area contributed by atoms with Gasteiger partial charge in [-0.3, -0.25) is 4.79 Å². The lowest BCUT2D eigenvalue weighted by Crippen LogP contribution is -2.28. The predicted molar refractivity (Wildman–Crippen MR) is 85.7 cm³/mol. The van der Waals surface area contributed by atoms with E-state index in [1.165, 1.54) is 0 Å². The van der Waals surface area contributed by atoms with Crippen LogP contribution in [0.4, 0.5) is 5.82 Å². The summed E-state index contributed by atoms with van der Waals surface area (Å²) in [5, 5.41) is 5.96. The van der Waals surface area contributed by atoms with Gasteiger partial charge in [0.05, 0.1) is 25.4 Å². The number of pyridine rings is 1. The van der Waals surface area contributed by atoms with Crippen LogP contribution in [0.25, 0.3) is 0 Å². The summed E-state index contributed by atoms with van der Waals surface area (Å²) in [4.78, 5) is 16.4. The molecule has 1 heterocycles. The van der Waals surface area contributed by atoms with Crippen molar-refractivity contribution >= 4 is 27.7 Å². The number of anilines is 1. The maximum absolute atomic E-state index is 12.2. The molecule has 0 saturated carbocycles. The molecule has 6 nitrogen and oxygen atoms in total. The summed E-state index contributed by atoms with van der Waals surface area (Å²) in [6, 6.07) is 1.76. The third-order valence-corrected chi connectivity index (χ3v) is 3.04. The predicted octanol–water partition coefficient (Wildman–Crippen LogP) is 2.06. The number of aromatic nitrogens is 1. The number of hydrogen-bond acceptors (Lipinski definition) is 5. The summed E-state index contributed by atoms with van der Waals surface area (Å²) >= 11 is 3.33. The van der Waals surface area contributed by atoms with E-state index in [1.807, 2.05) is 0 Å². The van der Waals surface area contributed by atoms with Crippen molar-refractivity contribution < 1.29 is 14.3 Å². The molecule has 7 heteroatoms. The molecule has 0 saturated heterocycles. The Hall–Kier alpha value is -1.18. The van der Waals surface area contributed by atoms with Gasteiger partial charge in [-0.25, -0.2) is 4.98 Å². The summed E-state index contributed by atoms with van der Waals surface area (Å²) in [6.45, 7) is 4.80. The lowest BCUT2D eigenvalue weighted by atomic mass is 10.2. The zero-order valence-corrected chi connectivity index (χ0v) is 14.0. The smallest absolute Gasteiger partial charge is 0.255 e. The van der Waals surface area contributed by atoms with Gasteiger partial charge in [-0.2, -0.15) is 0 Å². The number of nitrogens with one attached hydrogen (secondary N) is 2. The number of hydrogen-bond donors (Lipinski definition) is 2. The van der Waals surface area contributed by atoms with E-state index in [9.17, 15) is 4.79 Å². The molecular formula is C14H22BrN3O3. The van der Waals surface area contributed by atoms with Gasteiger partial charge in [-0.05, 0) is 28.4 Å². The van der Waals surface area contributed by atoms with Gasteiger partial charge in [0.2, 0.25) is 0 Å². The van der Waals surface area contributed by atoms with Crippen LogP contribution in [0.2, 0.25) is 0 Å². The van der Waals surface area contributed by atoms with Crippen molar-refractivity contribution in [2.24, 2.45) is 0 Å². The zero-order valence-electron chi connectivity index (χ0n) is 12.4. The molecule has 0 aliphatic carbocycles. The van der Waals surface area contributed by atoms with Gasteiger partial charge in [0.15, 0.2) is 0 Å². The summed E-state index contributed by atoms with van der Waals surface area (Å²) in [5.41, 5.74) is 0.523. The topological polar surface area (TPSA) is 72.5 Å². The average molecular weight is 360 g/mol. The third kappa shape index (κ3) is 6.88. The van der Waals surface area contributed by atoms with E-state index >= 15 is 0 Å². The van der Waals surface area contributed by atoms with Crippen LogP contribution in [-0.4, -0.2) is 50.9 Å². The largest absolute Gasteiger partial charge is 0.382 e. The van der Waals surface area contributed by atoms with Crippen molar-refractivity contribution in [3.63, 3.8) is 0 Å². The molecule has 1 rings (SSSR count). The van der Waals surface area contributed by atoms with Crippen LogP contribution in [0.5, 0.6) is 0 Å². The highest BCUT2D eigenvalue weighted by Crippen LogP contribution is 2.18. The first-order valence-corrected chi connectivity index (χ1v) is 7.72. The lowest BCUT2D eigenvalue weighted by molar-refractivity contribution is 0.0693. The quantitative estimate of drug-likeness (QED) is 0.625. The Balaban J connectivity index is 2.50. The maximum Gasteiger partial charge on any atom is 0.255 e. The van der Waals surface area contributed by atoms with Crippen LogP contribution in [0.3, 0.4) is 0 Å². The fraction of sp³-hybridized carbons (Fsp3) is 0.571. The first-order chi connectivity index (χ1) is 10.2. The first kappa shape index (κ1) is 17.9. The molecule has 0 aliphatic heterocycles. The van der Waals surface area contributed by atoms with Crippen LogP contribution in [0, 0.1) is 0 Å². The minimum absolute atomic E-state index is 0.169. The Morgan fingerprint density at radius 3 is 2.86 bits per heavy atom. The van der Waals surface area contributed by atoms with Crippen molar-refractivity contribution in [3.05, 3.63) is 22.3 Å². The molecule has 0 aromatic carbocycles. The molecule has 0 unspecified atom stereocenters. The molecule has 1 aromatic rings. The monoisotopic (exact) mass is 359 g/mol. The molecule has 1 amide bonds. The van der Waals surface area contributed by atoms with Gasteiger partial charge in [0.1, 0.15) is 5.82 Å². The van der Waals surface area contributed by atoms with E-state index in [0.717, 1.165) is 17.4 Å². The van der Waals surface area contributed by atoms with Gasteiger partial charge in [0.25, 0.3) is 5.91 Å². The Labute approximate surface area is 133 Å². The zero-order chi connectivity index (χ0) is 15.5. The SMILES string of the molecule is CCCNc1ncc(Br)cc1C(=O)NCCOCCOC. The fourth-order valence-electron chi connectivity index (χ4n) is 1.57. The molecule has 0 spiro atoms. The highest BCUT2D eigenvalue weighted by atomic mass is 79.9. The van der Waals surface area contributed by atoms with E-state index in [0.29, 0.717) is 37.7 Å². The van der Waals surface area contributed by atoms with Gasteiger partial charge in [-0.1, -0.05) is 6.92 Å². The number of carbonyl (C=O) groups is 1. The summed E-state index contributed by atoms with van der Waals surface area (Å²) in [7, 11) is 1.62. The number of halogens is 1. The maximum atomic E-state index is 12.2. The Bertz CT molecular complexity index is 443. The molecule has 1 aromatic heterocycles. The molecule has 2 N–H and O–H groups in total. The van der Waals surface area contributed by atoms with Gasteiger partial charge >= 0.3 is 0 Å². The molecule has 0 atom stereocenters. The van der Waals surface area contributed by atoms with E-state index in [2.05, 4.69) is 38.5 Å². The Kier molecular flexibility index (Phi) is 8.96. The standard InChI is InChI=1S/C14H22BrN3O3/c1-3-4-16-13-12(9-11(15)10-18-13)14(19)17-5-6-21-8-7-20-2/h9-10H,3-8H2,1-2H3,(H,16,18)(H,17,19). The second-order valence-corrected chi connectivity index (χ2v) is 5.25. The van der Waals surface area contributed by atoms with Crippen molar-refractivity contribution in [2.45, 2.75) is 13.3 Å². The second kappa shape index (κ2) is 10.5. The Morgan fingerprint density at radius 1 is 1.33 bits per heavy atom. The average Bonchev–Trinajstić information content (AvgIpc) is 2.49. The van der Waals surface area contributed by atoms with Gasteiger partial charge < -0.3 is 20.1 Å². The van der Waals surface area contributed by atoms with Crippen LogP contribution < -0.4 is 10.6 Å². The molecule has 118 valence electrons. The van der Waals surface area contributed by atoms with Crippen molar-refractivity contribution in [1.82, 2.24) is 10.3 Å². The minimum Gasteiger partial charge on any atom is -0.382 e. The van der Waals surface area contributed by atoms with Crippen LogP contribution in [0.1, 0.15) is 23.7 Å². The van der Waals surface area contributed by atoms with Gasteiger partial charge in [0, 0.05) is 30.9 Å². The first-order valence-electron chi connectivity index (χ1n) is 6.93. The summed E-state index contributed by atoms with van der Waals surface area (Å²) < 4.78 is 10.9. The molecule has 21 heavy (non-hydrogen) atoms. The van der Waals surface area contributed by atoms with Crippen molar-refractivity contribution in [1.29, 1.82) is 0 Å². The van der Waals surface area contributed by atoms with Crippen molar-refractivity contribution in [2.75, 3.05) is 45.3 Å². The van der Waals surface area contributed by atoms with Crippen molar-refractivity contribution in [3.8, 4) is 0 Å². The summed E-state index contributed by atoms with van der Waals surface area (Å²) in [6.07, 6.45) is 2.63. The molecule has 0 bridgehead atoms. The molecule has 0 radical (unpaired) electrons. The van der Waals surface area contributed by atoms with E-state index < -0.39 is 0 Å². The molecular weight excluding hydrogens is 338 g/mol. The number of rotatable bonds is 10. The number of amides is 1. The Morgan fingerprint density at radius 2 is 2.14 bits per heavy atom. The number of methoxy groups -OCH3 is 1.